The second kappa shape index (κ2) is 5.39. The van der Waals surface area contributed by atoms with Gasteiger partial charge in [0.2, 0.25) is 0 Å². The van der Waals surface area contributed by atoms with Crippen molar-refractivity contribution in [2.75, 3.05) is 0 Å². The summed E-state index contributed by atoms with van der Waals surface area (Å²) in [7, 11) is 0. The van der Waals surface area contributed by atoms with Crippen LogP contribution in [0.4, 0.5) is 0 Å². The zero-order valence-corrected chi connectivity index (χ0v) is 10.2. The molecule has 0 amide bonds. The number of nitrogens with zero attached hydrogens (tertiary/aromatic N) is 2. The van der Waals surface area contributed by atoms with Gasteiger partial charge in [-0.25, -0.2) is 9.97 Å². The highest BCUT2D eigenvalue weighted by atomic mass is 15.0. The minimum Gasteiger partial charge on any atom is -0.307 e. The van der Waals surface area contributed by atoms with Crippen LogP contribution in [0.15, 0.2) is 18.5 Å². The summed E-state index contributed by atoms with van der Waals surface area (Å²) in [5, 5.41) is 3.58. The Bertz CT molecular complexity index is 312. The Morgan fingerprint density at radius 1 is 1.25 bits per heavy atom. The minimum absolute atomic E-state index is 0.639. The Balaban J connectivity index is 1.82. The third kappa shape index (κ3) is 3.01. The summed E-state index contributed by atoms with van der Waals surface area (Å²) >= 11 is 0. The van der Waals surface area contributed by atoms with E-state index in [1.165, 1.54) is 19.3 Å². The van der Waals surface area contributed by atoms with E-state index >= 15 is 0 Å². The third-order valence-corrected chi connectivity index (χ3v) is 3.57. The van der Waals surface area contributed by atoms with Crippen molar-refractivity contribution in [3.05, 3.63) is 24.3 Å². The van der Waals surface area contributed by atoms with Gasteiger partial charge in [0, 0.05) is 18.4 Å². The average Bonchev–Trinajstić information content (AvgIpc) is 2.29. The van der Waals surface area contributed by atoms with Crippen LogP contribution in [0.2, 0.25) is 0 Å². The molecule has 0 aliphatic heterocycles. The number of hydrogen-bond donors (Lipinski definition) is 1. The van der Waals surface area contributed by atoms with Gasteiger partial charge in [-0.3, -0.25) is 0 Å². The normalized spacial score (nSPS) is 30.2. The Morgan fingerprint density at radius 3 is 2.69 bits per heavy atom. The van der Waals surface area contributed by atoms with Crippen LogP contribution in [0.5, 0.6) is 0 Å². The highest BCUT2D eigenvalue weighted by Gasteiger charge is 2.24. The molecule has 1 heterocycles. The molecule has 3 heteroatoms. The third-order valence-electron chi connectivity index (χ3n) is 3.57. The summed E-state index contributed by atoms with van der Waals surface area (Å²) < 4.78 is 0. The highest BCUT2D eigenvalue weighted by molar-refractivity contribution is 4.89. The summed E-state index contributed by atoms with van der Waals surface area (Å²) in [5.74, 6) is 2.56. The largest absolute Gasteiger partial charge is 0.307 e. The molecule has 3 atom stereocenters. The predicted molar refractivity (Wildman–Crippen MR) is 64.8 cm³/mol. The molecule has 88 valence electrons. The lowest BCUT2D eigenvalue weighted by Crippen LogP contribution is -2.38. The van der Waals surface area contributed by atoms with Gasteiger partial charge in [-0.2, -0.15) is 0 Å². The van der Waals surface area contributed by atoms with Gasteiger partial charge < -0.3 is 5.32 Å². The van der Waals surface area contributed by atoms with E-state index in [1.54, 1.807) is 12.4 Å². The first-order chi connectivity index (χ1) is 7.75. The molecule has 16 heavy (non-hydrogen) atoms. The number of hydrogen-bond acceptors (Lipinski definition) is 3. The quantitative estimate of drug-likeness (QED) is 0.848. The van der Waals surface area contributed by atoms with E-state index in [0.717, 1.165) is 24.2 Å². The minimum atomic E-state index is 0.639. The van der Waals surface area contributed by atoms with Crippen molar-refractivity contribution in [3.63, 3.8) is 0 Å². The standard InChI is InChI=1S/C13H21N3/c1-10-4-5-12(11(2)8-10)16-9-13-14-6-3-7-15-13/h3,6-7,10-12,16H,4-5,8-9H2,1-2H3. The number of aromatic nitrogens is 2. The van der Waals surface area contributed by atoms with Crippen LogP contribution >= 0.6 is 0 Å². The summed E-state index contributed by atoms with van der Waals surface area (Å²) in [6.07, 6.45) is 7.58. The van der Waals surface area contributed by atoms with Crippen molar-refractivity contribution in [1.82, 2.24) is 15.3 Å². The predicted octanol–water partition coefficient (Wildman–Crippen LogP) is 2.39. The van der Waals surface area contributed by atoms with E-state index in [2.05, 4.69) is 29.1 Å². The summed E-state index contributed by atoms with van der Waals surface area (Å²) in [5.41, 5.74) is 0. The maximum Gasteiger partial charge on any atom is 0.141 e. The Hall–Kier alpha value is -0.960. The molecule has 0 spiro atoms. The fourth-order valence-corrected chi connectivity index (χ4v) is 2.61. The molecule has 0 aromatic carbocycles. The first-order valence-corrected chi connectivity index (χ1v) is 6.25. The van der Waals surface area contributed by atoms with E-state index < -0.39 is 0 Å². The Kier molecular flexibility index (Phi) is 3.88. The van der Waals surface area contributed by atoms with E-state index in [-0.39, 0.29) is 0 Å². The molecule has 1 aliphatic rings. The van der Waals surface area contributed by atoms with Crippen LogP contribution in [0.3, 0.4) is 0 Å². The fourth-order valence-electron chi connectivity index (χ4n) is 2.61. The zero-order chi connectivity index (χ0) is 11.4. The first-order valence-electron chi connectivity index (χ1n) is 6.25. The lowest BCUT2D eigenvalue weighted by Gasteiger charge is -2.33. The summed E-state index contributed by atoms with van der Waals surface area (Å²) in [6.45, 7) is 5.50. The molecule has 2 rings (SSSR count). The van der Waals surface area contributed by atoms with Gasteiger partial charge in [0.1, 0.15) is 5.82 Å². The monoisotopic (exact) mass is 219 g/mol. The van der Waals surface area contributed by atoms with Crippen molar-refractivity contribution in [1.29, 1.82) is 0 Å². The van der Waals surface area contributed by atoms with E-state index in [4.69, 9.17) is 0 Å². The van der Waals surface area contributed by atoms with Crippen LogP contribution in [-0.4, -0.2) is 16.0 Å². The van der Waals surface area contributed by atoms with Gasteiger partial charge in [0.05, 0.1) is 6.54 Å². The summed E-state index contributed by atoms with van der Waals surface area (Å²) in [6, 6.07) is 2.49. The topological polar surface area (TPSA) is 37.8 Å². The second-order valence-electron chi connectivity index (χ2n) is 5.05. The highest BCUT2D eigenvalue weighted by Crippen LogP contribution is 2.28. The molecule has 0 radical (unpaired) electrons. The van der Waals surface area contributed by atoms with Crippen molar-refractivity contribution in [2.45, 2.75) is 45.7 Å². The van der Waals surface area contributed by atoms with Crippen molar-refractivity contribution < 1.29 is 0 Å². The molecule has 3 nitrogen and oxygen atoms in total. The molecule has 1 aromatic rings. The van der Waals surface area contributed by atoms with Crippen molar-refractivity contribution in [2.24, 2.45) is 11.8 Å². The maximum atomic E-state index is 4.23. The lowest BCUT2D eigenvalue weighted by molar-refractivity contribution is 0.226. The van der Waals surface area contributed by atoms with Gasteiger partial charge in [-0.1, -0.05) is 13.8 Å². The second-order valence-corrected chi connectivity index (χ2v) is 5.05. The van der Waals surface area contributed by atoms with Crippen LogP contribution in [0, 0.1) is 11.8 Å². The van der Waals surface area contributed by atoms with Crippen LogP contribution in [0.25, 0.3) is 0 Å². The Labute approximate surface area is 97.7 Å². The molecule has 1 N–H and O–H groups in total. The van der Waals surface area contributed by atoms with E-state index in [0.29, 0.717) is 6.04 Å². The molecular weight excluding hydrogens is 198 g/mol. The molecule has 0 bridgehead atoms. The van der Waals surface area contributed by atoms with Crippen LogP contribution in [-0.2, 0) is 6.54 Å². The molecular formula is C13H21N3. The van der Waals surface area contributed by atoms with Gasteiger partial charge in [0.25, 0.3) is 0 Å². The molecule has 1 fully saturated rings. The molecule has 3 unspecified atom stereocenters. The Morgan fingerprint density at radius 2 is 2.00 bits per heavy atom. The maximum absolute atomic E-state index is 4.23. The van der Waals surface area contributed by atoms with E-state index in [9.17, 15) is 0 Å². The average molecular weight is 219 g/mol. The number of rotatable bonds is 3. The zero-order valence-electron chi connectivity index (χ0n) is 10.2. The lowest BCUT2D eigenvalue weighted by atomic mass is 9.80. The van der Waals surface area contributed by atoms with Crippen LogP contribution < -0.4 is 5.32 Å². The van der Waals surface area contributed by atoms with Crippen molar-refractivity contribution in [3.8, 4) is 0 Å². The van der Waals surface area contributed by atoms with Gasteiger partial charge in [-0.05, 0) is 37.2 Å². The van der Waals surface area contributed by atoms with E-state index in [1.807, 2.05) is 6.07 Å². The smallest absolute Gasteiger partial charge is 0.141 e. The van der Waals surface area contributed by atoms with Crippen LogP contribution in [0.1, 0.15) is 38.9 Å². The van der Waals surface area contributed by atoms with Gasteiger partial charge >= 0.3 is 0 Å². The fraction of sp³-hybridized carbons (Fsp3) is 0.692. The van der Waals surface area contributed by atoms with Crippen molar-refractivity contribution >= 4 is 0 Å². The number of nitrogens with one attached hydrogen (secondary N) is 1. The molecule has 1 saturated carbocycles. The van der Waals surface area contributed by atoms with Gasteiger partial charge in [0.15, 0.2) is 0 Å². The van der Waals surface area contributed by atoms with Gasteiger partial charge in [-0.15, -0.1) is 0 Å². The molecule has 0 saturated heterocycles. The molecule has 1 aliphatic carbocycles. The molecule has 1 aromatic heterocycles. The SMILES string of the molecule is CC1CCC(NCc2ncccn2)C(C)C1. The summed E-state index contributed by atoms with van der Waals surface area (Å²) in [4.78, 5) is 8.46. The first kappa shape index (κ1) is 11.5.